The van der Waals surface area contributed by atoms with Gasteiger partial charge in [0.25, 0.3) is 0 Å². The van der Waals surface area contributed by atoms with Crippen molar-refractivity contribution in [3.05, 3.63) is 64.6 Å². The van der Waals surface area contributed by atoms with Crippen molar-refractivity contribution in [2.75, 3.05) is 7.11 Å². The monoisotopic (exact) mass is 245 g/mol. The van der Waals surface area contributed by atoms with Gasteiger partial charge in [-0.2, -0.15) is 0 Å². The van der Waals surface area contributed by atoms with E-state index in [2.05, 4.69) is 0 Å². The highest BCUT2D eigenvalue weighted by Crippen LogP contribution is 2.25. The van der Waals surface area contributed by atoms with E-state index in [1.807, 2.05) is 24.3 Å². The Hall–Kier alpha value is -2.07. The van der Waals surface area contributed by atoms with Crippen molar-refractivity contribution in [2.24, 2.45) is 0 Å². The number of hydrogen-bond donors (Lipinski definition) is 1. The maximum absolute atomic E-state index is 11.0. The van der Waals surface area contributed by atoms with E-state index in [9.17, 15) is 9.90 Å². The third-order valence-electron chi connectivity index (χ3n) is 2.74. The molecule has 1 unspecified atom stereocenters. The molecule has 0 fully saturated rings. The summed E-state index contributed by atoms with van der Waals surface area (Å²) in [5, 5.41) is 10.2. The quantitative estimate of drug-likeness (QED) is 0.890. The highest BCUT2D eigenvalue weighted by molar-refractivity contribution is 5.34. The molecule has 0 aliphatic rings. The van der Waals surface area contributed by atoms with Gasteiger partial charge < -0.3 is 14.4 Å². The minimum atomic E-state index is -0.677. The van der Waals surface area contributed by atoms with Gasteiger partial charge >= 0.3 is 0 Å². The molecule has 1 atom stereocenters. The number of rotatable bonds is 4. The van der Waals surface area contributed by atoms with Crippen molar-refractivity contribution in [3.63, 3.8) is 0 Å². The number of aliphatic hydroxyl groups excluding tert-OH is 1. The lowest BCUT2D eigenvalue weighted by molar-refractivity contribution is 0.152. The molecule has 0 spiro atoms. The summed E-state index contributed by atoms with van der Waals surface area (Å²) in [5.41, 5.74) is 0.691. The molecule has 1 N–H and O–H groups in total. The maximum atomic E-state index is 11.0. The molecule has 0 amide bonds. The maximum Gasteiger partial charge on any atom is 0.181 e. The first-order valence-corrected chi connectivity index (χ1v) is 5.68. The van der Waals surface area contributed by atoms with Gasteiger partial charge in [0.05, 0.1) is 13.7 Å². The molecule has 18 heavy (non-hydrogen) atoms. The summed E-state index contributed by atoms with van der Waals surface area (Å²) in [4.78, 5) is 11.0. The first-order valence-electron chi connectivity index (χ1n) is 5.68. The summed E-state index contributed by atoms with van der Waals surface area (Å²) < 4.78 is 6.97. The zero-order valence-electron chi connectivity index (χ0n) is 10.1. The molecule has 1 heterocycles. The number of ether oxygens (including phenoxy) is 1. The average molecular weight is 245 g/mol. The lowest BCUT2D eigenvalue weighted by Crippen LogP contribution is -2.11. The normalized spacial score (nSPS) is 12.1. The fourth-order valence-corrected chi connectivity index (χ4v) is 1.81. The van der Waals surface area contributed by atoms with E-state index in [0.29, 0.717) is 12.3 Å². The highest BCUT2D eigenvalue weighted by Gasteiger charge is 2.12. The number of benzene rings is 1. The Morgan fingerprint density at radius 3 is 2.56 bits per heavy atom. The molecule has 4 heteroatoms. The first-order chi connectivity index (χ1) is 8.70. The van der Waals surface area contributed by atoms with Gasteiger partial charge in [-0.15, -0.1) is 0 Å². The number of pyridine rings is 1. The van der Waals surface area contributed by atoms with Gasteiger partial charge in [0.1, 0.15) is 11.9 Å². The molecule has 0 saturated heterocycles. The van der Waals surface area contributed by atoms with Crippen LogP contribution in [-0.2, 0) is 6.54 Å². The van der Waals surface area contributed by atoms with Crippen LogP contribution in [0.4, 0.5) is 0 Å². The Labute approximate surface area is 105 Å². The minimum Gasteiger partial charge on any atom is -0.496 e. The molecule has 1 aromatic carbocycles. The van der Waals surface area contributed by atoms with Crippen LogP contribution in [0.25, 0.3) is 0 Å². The molecule has 0 aliphatic carbocycles. The largest absolute Gasteiger partial charge is 0.496 e. The first kappa shape index (κ1) is 12.4. The van der Waals surface area contributed by atoms with Gasteiger partial charge in [-0.25, -0.2) is 0 Å². The Morgan fingerprint density at radius 1 is 1.22 bits per heavy atom. The highest BCUT2D eigenvalue weighted by atomic mass is 16.5. The lowest BCUT2D eigenvalue weighted by atomic mass is 10.1. The number of aliphatic hydroxyl groups is 1. The number of aromatic nitrogens is 1. The van der Waals surface area contributed by atoms with Gasteiger partial charge in [0.2, 0.25) is 0 Å². The molecule has 0 radical (unpaired) electrons. The minimum absolute atomic E-state index is 0.0435. The van der Waals surface area contributed by atoms with Gasteiger partial charge in [0, 0.05) is 30.1 Å². The molecular weight excluding hydrogens is 230 g/mol. The molecule has 94 valence electrons. The Morgan fingerprint density at radius 2 is 1.89 bits per heavy atom. The zero-order valence-corrected chi connectivity index (χ0v) is 10.1. The third-order valence-corrected chi connectivity index (χ3v) is 2.74. The van der Waals surface area contributed by atoms with Crippen molar-refractivity contribution in [3.8, 4) is 5.75 Å². The van der Waals surface area contributed by atoms with E-state index in [1.165, 1.54) is 12.1 Å². The van der Waals surface area contributed by atoms with Gasteiger partial charge in [-0.05, 0) is 6.07 Å². The second kappa shape index (κ2) is 5.51. The standard InChI is InChI=1S/C14H15NO3/c1-18-14-5-3-2-4-12(14)13(17)10-15-8-6-11(16)7-9-15/h2-9,13,17H,10H2,1H3. The van der Waals surface area contributed by atoms with Crippen LogP contribution in [0.1, 0.15) is 11.7 Å². The predicted molar refractivity (Wildman–Crippen MR) is 68.7 cm³/mol. The van der Waals surface area contributed by atoms with E-state index in [-0.39, 0.29) is 5.43 Å². The SMILES string of the molecule is COc1ccccc1C(O)Cn1ccc(=O)cc1. The molecule has 2 rings (SSSR count). The predicted octanol–water partition coefficient (Wildman–Crippen LogP) is 1.59. The zero-order chi connectivity index (χ0) is 13.0. The molecular formula is C14H15NO3. The van der Waals surface area contributed by atoms with Crippen LogP contribution in [0, 0.1) is 0 Å². The fourth-order valence-electron chi connectivity index (χ4n) is 1.81. The van der Waals surface area contributed by atoms with E-state index in [1.54, 1.807) is 24.1 Å². The second-order valence-electron chi connectivity index (χ2n) is 3.99. The van der Waals surface area contributed by atoms with Crippen LogP contribution in [-0.4, -0.2) is 16.8 Å². The molecule has 0 bridgehead atoms. The third kappa shape index (κ3) is 2.78. The van der Waals surface area contributed by atoms with Gasteiger partial charge in [-0.3, -0.25) is 4.79 Å². The van der Waals surface area contributed by atoms with E-state index < -0.39 is 6.10 Å². The van der Waals surface area contributed by atoms with Crippen molar-refractivity contribution in [2.45, 2.75) is 12.6 Å². The van der Waals surface area contributed by atoms with Crippen LogP contribution >= 0.6 is 0 Å². The number of para-hydroxylation sites is 1. The van der Waals surface area contributed by atoms with Gasteiger partial charge in [-0.1, -0.05) is 18.2 Å². The van der Waals surface area contributed by atoms with Crippen LogP contribution in [0.15, 0.2) is 53.6 Å². The van der Waals surface area contributed by atoms with E-state index >= 15 is 0 Å². The topological polar surface area (TPSA) is 51.5 Å². The smallest absolute Gasteiger partial charge is 0.181 e. The lowest BCUT2D eigenvalue weighted by Gasteiger charge is -2.16. The second-order valence-corrected chi connectivity index (χ2v) is 3.99. The number of methoxy groups -OCH3 is 1. The molecule has 2 aromatic rings. The average Bonchev–Trinajstić information content (AvgIpc) is 2.41. The summed E-state index contributed by atoms with van der Waals surface area (Å²) >= 11 is 0. The van der Waals surface area contributed by atoms with Crippen LogP contribution in [0.2, 0.25) is 0 Å². The molecule has 0 aliphatic heterocycles. The van der Waals surface area contributed by atoms with Crippen molar-refractivity contribution >= 4 is 0 Å². The Bertz CT molecular complexity index is 557. The summed E-state index contributed by atoms with van der Waals surface area (Å²) in [6, 6.07) is 10.3. The molecule has 1 aromatic heterocycles. The van der Waals surface area contributed by atoms with Crippen LogP contribution in [0.3, 0.4) is 0 Å². The van der Waals surface area contributed by atoms with E-state index in [4.69, 9.17) is 4.74 Å². The van der Waals surface area contributed by atoms with Gasteiger partial charge in [0.15, 0.2) is 5.43 Å². The Kier molecular flexibility index (Phi) is 3.79. The van der Waals surface area contributed by atoms with Crippen LogP contribution < -0.4 is 10.2 Å². The summed E-state index contributed by atoms with van der Waals surface area (Å²) in [7, 11) is 1.57. The fraction of sp³-hybridized carbons (Fsp3) is 0.214. The number of nitrogens with zero attached hydrogens (tertiary/aromatic N) is 1. The summed E-state index contributed by atoms with van der Waals surface area (Å²) in [6.07, 6.45) is 2.63. The van der Waals surface area contributed by atoms with Crippen molar-refractivity contribution in [1.82, 2.24) is 4.57 Å². The van der Waals surface area contributed by atoms with Crippen molar-refractivity contribution in [1.29, 1.82) is 0 Å². The summed E-state index contributed by atoms with van der Waals surface area (Å²) in [5.74, 6) is 0.658. The molecule has 0 saturated carbocycles. The summed E-state index contributed by atoms with van der Waals surface area (Å²) in [6.45, 7) is 0.376. The molecule has 4 nitrogen and oxygen atoms in total. The van der Waals surface area contributed by atoms with Crippen molar-refractivity contribution < 1.29 is 9.84 Å². The van der Waals surface area contributed by atoms with Crippen LogP contribution in [0.5, 0.6) is 5.75 Å². The van der Waals surface area contributed by atoms with E-state index in [0.717, 1.165) is 5.56 Å². The Balaban J connectivity index is 2.18. The number of hydrogen-bond acceptors (Lipinski definition) is 3.